The number of fused-ring (bicyclic) bond motifs is 9. The van der Waals surface area contributed by atoms with E-state index < -0.39 is 0 Å². The van der Waals surface area contributed by atoms with Crippen LogP contribution in [0.4, 0.5) is 5.69 Å². The number of aromatic amines is 1. The van der Waals surface area contributed by atoms with E-state index in [1.807, 2.05) is 31.2 Å². The number of anilines is 1. The summed E-state index contributed by atoms with van der Waals surface area (Å²) in [6.07, 6.45) is 0.915. The summed E-state index contributed by atoms with van der Waals surface area (Å²) in [5.41, 5.74) is 4.19. The Hall–Kier alpha value is -2.64. The van der Waals surface area contributed by atoms with E-state index in [-0.39, 0.29) is 57.4 Å². The Kier molecular flexibility index (Phi) is 4.38. The highest BCUT2D eigenvalue weighted by molar-refractivity contribution is 8.00. The fraction of sp³-hybridized carbons (Fsp3) is 0.370. The first-order valence-electron chi connectivity index (χ1n) is 11.8. The molecule has 2 aliphatic carbocycles. The summed E-state index contributed by atoms with van der Waals surface area (Å²) >= 11 is 3.04. The standard InChI is InChI=1S/C27H24N2O3S2/c1-12-3-7-14(8-4-12)18-19-16-11-17(22(19)33-24-23(18)34-27(32)28-24)21-20(16)25(30)29(26(21)31)15-9-5-13(2)6-10-15/h3-10,16-22H,11H2,1-2H3,(H,28,32)/t16-,17+,18-,19+,20+,21+,22+/m0/s1. The van der Waals surface area contributed by atoms with Gasteiger partial charge in [-0.15, -0.1) is 11.8 Å². The van der Waals surface area contributed by atoms with Crippen molar-refractivity contribution in [2.75, 3.05) is 4.90 Å². The molecule has 3 fully saturated rings. The number of H-pyrrole nitrogens is 1. The van der Waals surface area contributed by atoms with E-state index in [4.69, 9.17) is 0 Å². The van der Waals surface area contributed by atoms with Crippen molar-refractivity contribution in [3.8, 4) is 0 Å². The monoisotopic (exact) mass is 488 g/mol. The van der Waals surface area contributed by atoms with E-state index in [1.165, 1.54) is 27.4 Å². The minimum absolute atomic E-state index is 0.0279. The van der Waals surface area contributed by atoms with Crippen LogP contribution in [0.25, 0.3) is 0 Å². The molecule has 2 saturated carbocycles. The lowest BCUT2D eigenvalue weighted by Crippen LogP contribution is -2.42. The fourth-order valence-electron chi connectivity index (χ4n) is 7.11. The second-order valence-corrected chi connectivity index (χ2v) is 12.4. The van der Waals surface area contributed by atoms with Crippen LogP contribution < -0.4 is 9.77 Å². The van der Waals surface area contributed by atoms with Crippen molar-refractivity contribution in [2.45, 2.75) is 36.5 Å². The number of rotatable bonds is 2. The molecule has 34 heavy (non-hydrogen) atoms. The summed E-state index contributed by atoms with van der Waals surface area (Å²) in [5.74, 6) is 0.0412. The van der Waals surface area contributed by atoms with Crippen molar-refractivity contribution in [3.63, 3.8) is 0 Å². The van der Waals surface area contributed by atoms with Crippen molar-refractivity contribution in [1.29, 1.82) is 0 Å². The van der Waals surface area contributed by atoms with Crippen LogP contribution in [0.2, 0.25) is 0 Å². The molecule has 1 N–H and O–H groups in total. The van der Waals surface area contributed by atoms with Gasteiger partial charge in [-0.3, -0.25) is 19.3 Å². The van der Waals surface area contributed by atoms with Crippen LogP contribution >= 0.6 is 23.1 Å². The predicted octanol–water partition coefficient (Wildman–Crippen LogP) is 4.73. The van der Waals surface area contributed by atoms with Gasteiger partial charge >= 0.3 is 4.87 Å². The second-order valence-electron chi connectivity index (χ2n) is 10.2. The number of thiazole rings is 1. The number of nitrogens with one attached hydrogen (secondary N) is 1. The molecule has 1 saturated heterocycles. The van der Waals surface area contributed by atoms with Gasteiger partial charge in [0.25, 0.3) is 0 Å². The van der Waals surface area contributed by atoms with Crippen LogP contribution in [-0.2, 0) is 9.59 Å². The van der Waals surface area contributed by atoms with Crippen molar-refractivity contribution >= 4 is 40.6 Å². The first kappa shape index (κ1) is 20.7. The molecular formula is C27H24N2O3S2. The molecule has 1 aromatic heterocycles. The van der Waals surface area contributed by atoms with E-state index in [0.29, 0.717) is 5.69 Å². The molecule has 3 heterocycles. The lowest BCUT2D eigenvalue weighted by atomic mass is 9.68. The summed E-state index contributed by atoms with van der Waals surface area (Å²) in [6.45, 7) is 4.08. The molecule has 172 valence electrons. The van der Waals surface area contributed by atoms with Gasteiger partial charge < -0.3 is 4.98 Å². The van der Waals surface area contributed by atoms with Crippen LogP contribution in [0.3, 0.4) is 0 Å². The molecule has 0 radical (unpaired) electrons. The highest BCUT2D eigenvalue weighted by Gasteiger charge is 2.69. The number of benzene rings is 2. The summed E-state index contributed by atoms with van der Waals surface area (Å²) < 4.78 is 0. The third-order valence-electron chi connectivity index (χ3n) is 8.45. The highest BCUT2D eigenvalue weighted by Crippen LogP contribution is 2.68. The van der Waals surface area contributed by atoms with Crippen LogP contribution in [0.15, 0.2) is 58.4 Å². The first-order chi connectivity index (χ1) is 16.4. The van der Waals surface area contributed by atoms with Gasteiger partial charge in [0.15, 0.2) is 0 Å². The van der Waals surface area contributed by atoms with Gasteiger partial charge in [0.2, 0.25) is 11.8 Å². The third kappa shape index (κ3) is 2.71. The van der Waals surface area contributed by atoms with E-state index in [2.05, 4.69) is 36.2 Å². The molecule has 7 rings (SSSR count). The SMILES string of the molecule is Cc1ccc([C@@H]2c3sc(=O)[nH]c3S[C@@H]3[C@@H]4C[C@H]([C@H]5C(=O)N(c6ccc(C)cc6)C(=O)[C@H]45)[C@H]23)cc1. The Morgan fingerprint density at radius 3 is 2.15 bits per heavy atom. The maximum Gasteiger partial charge on any atom is 0.305 e. The van der Waals surface area contributed by atoms with Crippen molar-refractivity contribution in [2.24, 2.45) is 29.6 Å². The molecule has 7 atom stereocenters. The summed E-state index contributed by atoms with van der Waals surface area (Å²) in [7, 11) is 0. The van der Waals surface area contributed by atoms with Crippen molar-refractivity contribution < 1.29 is 9.59 Å². The Morgan fingerprint density at radius 2 is 1.47 bits per heavy atom. The smallest absolute Gasteiger partial charge is 0.305 e. The average Bonchev–Trinajstić information content (AvgIpc) is 3.54. The van der Waals surface area contributed by atoms with Crippen molar-refractivity contribution in [3.05, 3.63) is 79.8 Å². The Balaban J connectivity index is 1.32. The maximum atomic E-state index is 13.7. The number of hydrogen-bond acceptors (Lipinski definition) is 5. The molecule has 0 spiro atoms. The Bertz CT molecular complexity index is 1390. The fourth-order valence-corrected chi connectivity index (χ4v) is 10.0. The zero-order valence-corrected chi connectivity index (χ0v) is 20.5. The number of amides is 2. The van der Waals surface area contributed by atoms with E-state index >= 15 is 0 Å². The number of carbonyl (C=O) groups excluding carboxylic acids is 2. The van der Waals surface area contributed by atoms with Gasteiger partial charge in [-0.2, -0.15) is 0 Å². The summed E-state index contributed by atoms with van der Waals surface area (Å²) in [6, 6.07) is 16.3. The Morgan fingerprint density at radius 1 is 0.853 bits per heavy atom. The normalized spacial score (nSPS) is 33.2. The molecule has 7 heteroatoms. The van der Waals surface area contributed by atoms with Gasteiger partial charge in [-0.05, 0) is 55.7 Å². The van der Waals surface area contributed by atoms with Gasteiger partial charge in [0.05, 0.1) is 22.5 Å². The maximum absolute atomic E-state index is 13.7. The summed E-state index contributed by atoms with van der Waals surface area (Å²) in [5, 5.41) is 1.18. The number of aromatic nitrogens is 1. The lowest BCUT2D eigenvalue weighted by molar-refractivity contribution is -0.123. The molecule has 5 nitrogen and oxygen atoms in total. The highest BCUT2D eigenvalue weighted by atomic mass is 32.2. The number of carbonyl (C=O) groups is 2. The van der Waals surface area contributed by atoms with E-state index in [1.54, 1.807) is 11.8 Å². The number of imide groups is 1. The quantitative estimate of drug-likeness (QED) is 0.530. The van der Waals surface area contributed by atoms with Crippen molar-refractivity contribution in [1.82, 2.24) is 4.98 Å². The molecule has 2 aromatic carbocycles. The first-order valence-corrected chi connectivity index (χ1v) is 13.5. The van der Waals surface area contributed by atoms with Crippen LogP contribution in [0.1, 0.15) is 33.9 Å². The number of nitrogens with zero attached hydrogens (tertiary/aromatic N) is 1. The van der Waals surface area contributed by atoms with Gasteiger partial charge in [0, 0.05) is 16.0 Å². The van der Waals surface area contributed by atoms with Gasteiger partial charge in [-0.25, -0.2) is 0 Å². The molecule has 2 amide bonds. The Labute approximate surface area is 205 Å². The molecule has 2 bridgehead atoms. The minimum atomic E-state index is -0.259. The topological polar surface area (TPSA) is 70.2 Å². The second kappa shape index (κ2) is 7.18. The zero-order chi connectivity index (χ0) is 23.3. The molecular weight excluding hydrogens is 464 g/mol. The lowest BCUT2D eigenvalue weighted by Gasteiger charge is -2.43. The van der Waals surface area contributed by atoms with E-state index in [9.17, 15) is 14.4 Å². The van der Waals surface area contributed by atoms with Gasteiger partial charge in [-0.1, -0.05) is 58.9 Å². The van der Waals surface area contributed by atoms with Crippen LogP contribution in [0, 0.1) is 43.4 Å². The number of hydrogen-bond donors (Lipinski definition) is 1. The molecule has 2 aliphatic heterocycles. The van der Waals surface area contributed by atoms with Crippen LogP contribution in [-0.4, -0.2) is 22.0 Å². The number of aryl methyl sites for hydroxylation is 2. The molecule has 0 unspecified atom stereocenters. The average molecular weight is 489 g/mol. The minimum Gasteiger partial charge on any atom is -0.307 e. The third-order valence-corrected chi connectivity index (χ3v) is 11.0. The molecule has 4 aliphatic rings. The number of thioether (sulfide) groups is 1. The molecule has 3 aromatic rings. The predicted molar refractivity (Wildman–Crippen MR) is 133 cm³/mol. The summed E-state index contributed by atoms with van der Waals surface area (Å²) in [4.78, 5) is 45.3. The zero-order valence-electron chi connectivity index (χ0n) is 18.9. The largest absolute Gasteiger partial charge is 0.307 e. The van der Waals surface area contributed by atoms with Gasteiger partial charge in [0.1, 0.15) is 0 Å². The van der Waals surface area contributed by atoms with E-state index in [0.717, 1.165) is 21.9 Å². The van der Waals surface area contributed by atoms with Crippen LogP contribution in [0.5, 0.6) is 0 Å².